The van der Waals surface area contributed by atoms with Gasteiger partial charge in [-0.15, -0.1) is 4.99 Å². The Morgan fingerprint density at radius 1 is 1.00 bits per heavy atom. The van der Waals surface area contributed by atoms with Crippen molar-refractivity contribution in [2.45, 2.75) is 51.0 Å². The first-order chi connectivity index (χ1) is 6.83. The summed E-state index contributed by atoms with van der Waals surface area (Å²) in [4.78, 5) is 3.93. The average molecular weight is 201 g/mol. The zero-order chi connectivity index (χ0) is 9.97. The van der Waals surface area contributed by atoms with Gasteiger partial charge in [0.2, 0.25) is 0 Å². The third-order valence-corrected chi connectivity index (χ3v) is 3.90. The summed E-state index contributed by atoms with van der Waals surface area (Å²) >= 11 is 0. The van der Waals surface area contributed by atoms with Crippen molar-refractivity contribution in [3.8, 4) is 0 Å². The third kappa shape index (κ3) is 1.93. The van der Waals surface area contributed by atoms with Gasteiger partial charge in [0.15, 0.2) is 0 Å². The van der Waals surface area contributed by atoms with Gasteiger partial charge in [0.25, 0.3) is 0 Å². The maximum atomic E-state index is 9.38. The molecule has 0 aromatic carbocycles. The van der Waals surface area contributed by atoms with Crippen LogP contribution in [0.25, 0.3) is 0 Å². The molecule has 0 amide bonds. The molecule has 2 fully saturated rings. The van der Waals surface area contributed by atoms with E-state index in [9.17, 15) is 5.21 Å². The van der Waals surface area contributed by atoms with Crippen LogP contribution in [-0.4, -0.2) is 21.7 Å². The predicted octanol–water partition coefficient (Wildman–Crippen LogP) is 2.44. The quantitative estimate of drug-likeness (QED) is 0.532. The van der Waals surface area contributed by atoms with Crippen LogP contribution in [0.1, 0.15) is 44.9 Å². The summed E-state index contributed by atoms with van der Waals surface area (Å²) in [7, 11) is 0. The van der Waals surface area contributed by atoms with Gasteiger partial charge in [0.05, 0.1) is 6.04 Å². The minimum Gasteiger partial charge on any atom is -0.287 e. The zero-order valence-electron chi connectivity index (χ0n) is 8.43. The van der Waals surface area contributed by atoms with Crippen LogP contribution in [-0.2, 0) is 4.99 Å². The van der Waals surface area contributed by atoms with Crippen molar-refractivity contribution in [3.63, 3.8) is 0 Å². The second-order valence-corrected chi connectivity index (χ2v) is 4.59. The van der Waals surface area contributed by atoms with Crippen molar-refractivity contribution >= 4 is 0 Å². The summed E-state index contributed by atoms with van der Waals surface area (Å²) in [5.74, 6) is 1.24. The summed E-state index contributed by atoms with van der Waals surface area (Å²) in [5.41, 5.74) is 0. The number of nitrogens with zero attached hydrogens (tertiary/aromatic N) is 1. The van der Waals surface area contributed by atoms with Gasteiger partial charge in [0.1, 0.15) is 0 Å². The molecule has 2 saturated carbocycles. The SMILES string of the molecule is OON(O)C1CCCC2CCCCC21. The summed E-state index contributed by atoms with van der Waals surface area (Å²) in [6, 6.07) is -0.000880. The normalized spacial score (nSPS) is 38.4. The van der Waals surface area contributed by atoms with Crippen molar-refractivity contribution in [1.82, 2.24) is 5.23 Å². The molecular formula is C10H19NO3. The predicted molar refractivity (Wildman–Crippen MR) is 50.4 cm³/mol. The molecule has 3 unspecified atom stereocenters. The van der Waals surface area contributed by atoms with Crippen LogP contribution in [0.2, 0.25) is 0 Å². The highest BCUT2D eigenvalue weighted by atomic mass is 17.2. The smallest absolute Gasteiger partial charge is 0.0687 e. The van der Waals surface area contributed by atoms with Crippen molar-refractivity contribution < 1.29 is 15.5 Å². The highest BCUT2D eigenvalue weighted by Crippen LogP contribution is 2.42. The van der Waals surface area contributed by atoms with Crippen molar-refractivity contribution in [3.05, 3.63) is 0 Å². The first-order valence-corrected chi connectivity index (χ1v) is 5.62. The van der Waals surface area contributed by atoms with E-state index in [0.29, 0.717) is 11.1 Å². The Bertz CT molecular complexity index is 184. The molecule has 2 aliphatic rings. The van der Waals surface area contributed by atoms with Gasteiger partial charge < -0.3 is 0 Å². The minimum absolute atomic E-state index is 0.000880. The topological polar surface area (TPSA) is 52.9 Å². The van der Waals surface area contributed by atoms with Crippen LogP contribution in [0.15, 0.2) is 0 Å². The van der Waals surface area contributed by atoms with Gasteiger partial charge in [-0.25, -0.2) is 5.26 Å². The van der Waals surface area contributed by atoms with Crippen LogP contribution in [0.4, 0.5) is 0 Å². The zero-order valence-corrected chi connectivity index (χ0v) is 8.43. The molecule has 0 radical (unpaired) electrons. The molecule has 0 aromatic rings. The van der Waals surface area contributed by atoms with Gasteiger partial charge in [-0.2, -0.15) is 0 Å². The van der Waals surface area contributed by atoms with E-state index in [1.54, 1.807) is 0 Å². The number of hydroxylamine groups is 2. The summed E-state index contributed by atoms with van der Waals surface area (Å²) in [6.45, 7) is 0. The molecule has 0 bridgehead atoms. The molecule has 0 aromatic heterocycles. The molecule has 2 rings (SSSR count). The molecule has 2 aliphatic carbocycles. The number of hydrogen-bond acceptors (Lipinski definition) is 4. The van der Waals surface area contributed by atoms with Gasteiger partial charge in [-0.1, -0.05) is 32.1 Å². The molecule has 0 spiro atoms. The number of fused-ring (bicyclic) bond motifs is 1. The lowest BCUT2D eigenvalue weighted by atomic mass is 9.68. The fourth-order valence-electron chi connectivity index (χ4n) is 3.24. The molecule has 2 N–H and O–H groups in total. The van der Waals surface area contributed by atoms with Gasteiger partial charge in [-0.05, 0) is 29.9 Å². The van der Waals surface area contributed by atoms with Gasteiger partial charge in [-0.3, -0.25) is 5.21 Å². The first-order valence-electron chi connectivity index (χ1n) is 5.62. The van der Waals surface area contributed by atoms with E-state index in [4.69, 9.17) is 5.26 Å². The molecular weight excluding hydrogens is 182 g/mol. The Morgan fingerprint density at radius 2 is 1.71 bits per heavy atom. The lowest BCUT2D eigenvalue weighted by Gasteiger charge is -2.42. The summed E-state index contributed by atoms with van der Waals surface area (Å²) in [5, 5.41) is 18.5. The molecule has 0 heterocycles. The lowest BCUT2D eigenvalue weighted by molar-refractivity contribution is -0.511. The average Bonchev–Trinajstić information content (AvgIpc) is 2.27. The van der Waals surface area contributed by atoms with Crippen LogP contribution in [0.3, 0.4) is 0 Å². The fraction of sp³-hybridized carbons (Fsp3) is 1.00. The minimum atomic E-state index is -0.000880. The van der Waals surface area contributed by atoms with Crippen LogP contribution in [0, 0.1) is 11.8 Å². The molecule has 4 heteroatoms. The maximum absolute atomic E-state index is 9.38. The van der Waals surface area contributed by atoms with Crippen LogP contribution < -0.4 is 0 Å². The standard InChI is InChI=1S/C10H19NO3/c12-11(14-13)10-7-3-5-8-4-1-2-6-9(8)10/h8-10,12-13H,1-7H2. The lowest BCUT2D eigenvalue weighted by Crippen LogP contribution is -2.44. The Morgan fingerprint density at radius 3 is 2.50 bits per heavy atom. The first kappa shape index (κ1) is 10.4. The van der Waals surface area contributed by atoms with E-state index >= 15 is 0 Å². The van der Waals surface area contributed by atoms with Crippen molar-refractivity contribution in [1.29, 1.82) is 0 Å². The second-order valence-electron chi connectivity index (χ2n) is 4.59. The molecule has 14 heavy (non-hydrogen) atoms. The van der Waals surface area contributed by atoms with Crippen LogP contribution >= 0.6 is 0 Å². The summed E-state index contributed by atoms with van der Waals surface area (Å²) in [6.07, 6.45) is 8.34. The largest absolute Gasteiger partial charge is 0.287 e. The summed E-state index contributed by atoms with van der Waals surface area (Å²) < 4.78 is 0. The number of rotatable bonds is 2. The Hall–Kier alpha value is -0.160. The van der Waals surface area contributed by atoms with E-state index in [1.807, 2.05) is 0 Å². The van der Waals surface area contributed by atoms with E-state index in [1.165, 1.54) is 25.7 Å². The van der Waals surface area contributed by atoms with E-state index in [2.05, 4.69) is 4.99 Å². The highest BCUT2D eigenvalue weighted by molar-refractivity contribution is 4.87. The molecule has 3 atom stereocenters. The number of hydrogen-bond donors (Lipinski definition) is 2. The molecule has 0 aliphatic heterocycles. The maximum Gasteiger partial charge on any atom is 0.0687 e. The second kappa shape index (κ2) is 4.57. The molecule has 0 saturated heterocycles. The van der Waals surface area contributed by atoms with Gasteiger partial charge in [0, 0.05) is 0 Å². The van der Waals surface area contributed by atoms with Crippen molar-refractivity contribution in [2.75, 3.05) is 0 Å². The molecule has 82 valence electrons. The highest BCUT2D eigenvalue weighted by Gasteiger charge is 2.38. The van der Waals surface area contributed by atoms with Crippen LogP contribution in [0.5, 0.6) is 0 Å². The van der Waals surface area contributed by atoms with Gasteiger partial charge >= 0.3 is 0 Å². The van der Waals surface area contributed by atoms with Crippen molar-refractivity contribution in [2.24, 2.45) is 11.8 Å². The fourth-order valence-corrected chi connectivity index (χ4v) is 3.24. The Labute approximate surface area is 84.3 Å². The molecule has 4 nitrogen and oxygen atoms in total. The monoisotopic (exact) mass is 201 g/mol. The Kier molecular flexibility index (Phi) is 3.38. The van der Waals surface area contributed by atoms with E-state index in [-0.39, 0.29) is 6.04 Å². The van der Waals surface area contributed by atoms with E-state index < -0.39 is 0 Å². The Balaban J connectivity index is 2.01. The van der Waals surface area contributed by atoms with E-state index in [0.717, 1.165) is 25.2 Å². The third-order valence-electron chi connectivity index (χ3n) is 3.90.